The first-order valence-corrected chi connectivity index (χ1v) is 15.6. The van der Waals surface area contributed by atoms with Crippen molar-refractivity contribution in [1.29, 1.82) is 0 Å². The zero-order valence-electron chi connectivity index (χ0n) is 24.8. The Labute approximate surface area is 265 Å². The number of nitrogen functional groups attached to an aromatic ring is 1. The molecular weight excluding hydrogens is 661 g/mol. The van der Waals surface area contributed by atoms with Crippen LogP contribution in [0.3, 0.4) is 0 Å². The van der Waals surface area contributed by atoms with Gasteiger partial charge in [-0.2, -0.15) is 4.98 Å². The van der Waals surface area contributed by atoms with Crippen LogP contribution in [-0.4, -0.2) is 142 Å². The molecule has 2 aliphatic heterocycles. The van der Waals surface area contributed by atoms with Gasteiger partial charge in [0.25, 0.3) is 5.79 Å². The van der Waals surface area contributed by atoms with Gasteiger partial charge in [-0.25, -0.2) is 18.7 Å². The van der Waals surface area contributed by atoms with Crippen LogP contribution < -0.4 is 22.1 Å². The molecule has 0 bridgehead atoms. The highest BCUT2D eigenvalue weighted by atomic mass is 31.2. The normalized spacial score (nSPS) is 31.8. The van der Waals surface area contributed by atoms with Crippen LogP contribution in [0.1, 0.15) is 32.4 Å². The number of nitrogens with two attached hydrogens (primary N) is 1. The number of aromatic nitrogens is 2. The number of hydrogen-bond donors (Lipinski definition) is 11. The molecule has 2 fully saturated rings. The smallest absolute Gasteiger partial charge is 0.475 e. The SMILES string of the molecule is CCCC(=O)NCC(=O)N[C@H]1C([C@H](O)[C@H](O)CO)O[C@](OP(=O)(O)OC[C@H]2O[C@@H](n3ccc(N)nc3=O)[C@@H](O)C2O)(C(=O)O)C[C@H]1O. The molecule has 11 atom stereocenters. The Morgan fingerprint density at radius 1 is 1.23 bits per heavy atom. The lowest BCUT2D eigenvalue weighted by Crippen LogP contribution is -2.68. The number of carbonyl (C=O) groups excluding carboxylic acids is 2. The summed E-state index contributed by atoms with van der Waals surface area (Å²) >= 11 is 0. The van der Waals surface area contributed by atoms with Crippen LogP contribution in [0.15, 0.2) is 17.1 Å². The maximum absolute atomic E-state index is 13.0. The molecule has 0 aliphatic carbocycles. The number of phosphoric ester groups is 1. The number of carboxylic acid groups (broad SMARTS) is 1. The lowest BCUT2D eigenvalue weighted by molar-refractivity contribution is -0.289. The van der Waals surface area contributed by atoms with E-state index in [0.717, 1.165) is 10.8 Å². The molecule has 0 radical (unpaired) electrons. The van der Waals surface area contributed by atoms with E-state index in [4.69, 9.17) is 24.3 Å². The third kappa shape index (κ3) is 9.28. The van der Waals surface area contributed by atoms with E-state index in [1.807, 2.05) is 0 Å². The highest BCUT2D eigenvalue weighted by molar-refractivity contribution is 7.47. The van der Waals surface area contributed by atoms with Crippen LogP contribution in [0, 0.1) is 0 Å². The zero-order chi connectivity index (χ0) is 35.3. The van der Waals surface area contributed by atoms with E-state index in [1.165, 1.54) is 6.07 Å². The van der Waals surface area contributed by atoms with Crippen LogP contribution >= 0.6 is 7.82 Å². The van der Waals surface area contributed by atoms with Crippen LogP contribution in [0.25, 0.3) is 0 Å². The average molecular weight is 700 g/mol. The molecular formula is C24H38N5O17P. The molecule has 22 nitrogen and oxygen atoms in total. The van der Waals surface area contributed by atoms with Crippen LogP contribution in [0.2, 0.25) is 0 Å². The van der Waals surface area contributed by atoms with Crippen molar-refractivity contribution < 1.29 is 78.1 Å². The standard InChI is InChI=1S/C24H38N5O17P/c1-2-3-14(33)26-7-15(34)28-16-10(31)6-24(22(38)39,45-20(16)17(35)11(32)8-30)46-47(41,42)43-9-12-18(36)19(37)21(44-12)29-5-4-13(25)27-23(29)40/h4-5,10-12,16-21,30-32,35-37H,2-3,6-9H2,1H3,(H,26,33)(H,28,34)(H,38,39)(H,41,42)(H2,25,27,40)/t10-,11-,12-,16-,17-,18?,19+,20?,21-,24-/m1/s1. The third-order valence-corrected chi connectivity index (χ3v) is 8.20. The van der Waals surface area contributed by atoms with Crippen molar-refractivity contribution in [2.24, 2.45) is 0 Å². The van der Waals surface area contributed by atoms with Crippen molar-refractivity contribution in [1.82, 2.24) is 20.2 Å². The number of rotatable bonds is 15. The van der Waals surface area contributed by atoms with Gasteiger partial charge >= 0.3 is 19.5 Å². The van der Waals surface area contributed by atoms with Crippen molar-refractivity contribution in [2.45, 2.75) is 87.0 Å². The van der Waals surface area contributed by atoms with E-state index < -0.39 is 118 Å². The summed E-state index contributed by atoms with van der Waals surface area (Å²) < 4.78 is 34.1. The summed E-state index contributed by atoms with van der Waals surface area (Å²) in [5, 5.41) is 76.1. The lowest BCUT2D eigenvalue weighted by Gasteiger charge is -2.46. The van der Waals surface area contributed by atoms with E-state index in [2.05, 4.69) is 15.6 Å². The second-order valence-corrected chi connectivity index (χ2v) is 12.1. The number of nitrogens with one attached hydrogen (secondary N) is 2. The fourth-order valence-corrected chi connectivity index (χ4v) is 5.77. The van der Waals surface area contributed by atoms with Crippen molar-refractivity contribution in [3.63, 3.8) is 0 Å². The summed E-state index contributed by atoms with van der Waals surface area (Å²) in [6.07, 6.45) is -14.7. The van der Waals surface area contributed by atoms with Gasteiger partial charge in [-0.15, -0.1) is 0 Å². The fourth-order valence-electron chi connectivity index (χ4n) is 4.81. The molecule has 0 saturated carbocycles. The van der Waals surface area contributed by atoms with E-state index in [1.54, 1.807) is 6.92 Å². The number of carbonyl (C=O) groups is 3. The summed E-state index contributed by atoms with van der Waals surface area (Å²) in [6, 6.07) is -0.526. The quantitative estimate of drug-likeness (QED) is 0.0761. The number of amides is 2. The van der Waals surface area contributed by atoms with Crippen molar-refractivity contribution in [3.05, 3.63) is 22.7 Å². The molecule has 0 spiro atoms. The Hall–Kier alpha value is -3.12. The molecule has 0 aromatic carbocycles. The number of aliphatic hydroxyl groups is 6. The Bertz CT molecular complexity index is 1380. The minimum absolute atomic E-state index is 0.0985. The molecule has 2 aliphatic rings. The number of aliphatic hydroxyl groups excluding tert-OH is 6. The largest absolute Gasteiger partial charge is 0.477 e. The predicted octanol–water partition coefficient (Wildman–Crippen LogP) is -5.38. The summed E-state index contributed by atoms with van der Waals surface area (Å²) in [7, 11) is -5.59. The van der Waals surface area contributed by atoms with Gasteiger partial charge in [0.2, 0.25) is 11.8 Å². The lowest BCUT2D eigenvalue weighted by atomic mass is 9.88. The molecule has 3 heterocycles. The minimum Gasteiger partial charge on any atom is -0.477 e. The Morgan fingerprint density at radius 3 is 2.51 bits per heavy atom. The fraction of sp³-hybridized carbons (Fsp3) is 0.708. The van der Waals surface area contributed by atoms with Gasteiger partial charge in [-0.1, -0.05) is 6.92 Å². The summed E-state index contributed by atoms with van der Waals surface area (Å²) in [4.78, 5) is 62.6. The van der Waals surface area contributed by atoms with Gasteiger partial charge < -0.3 is 66.5 Å². The molecule has 23 heteroatoms. The highest BCUT2D eigenvalue weighted by Gasteiger charge is 2.59. The van der Waals surface area contributed by atoms with Crippen LogP contribution in [-0.2, 0) is 37.5 Å². The number of aliphatic carboxylic acids is 1. The first-order chi connectivity index (χ1) is 21.9. The van der Waals surface area contributed by atoms with Gasteiger partial charge in [0.05, 0.1) is 31.9 Å². The molecule has 1 aromatic rings. The second-order valence-electron chi connectivity index (χ2n) is 10.7. The average Bonchev–Trinajstić information content (AvgIpc) is 3.28. The van der Waals surface area contributed by atoms with Crippen molar-refractivity contribution >= 4 is 31.4 Å². The van der Waals surface area contributed by atoms with E-state index in [-0.39, 0.29) is 12.2 Å². The predicted molar refractivity (Wildman–Crippen MR) is 151 cm³/mol. The number of ether oxygens (including phenoxy) is 2. The third-order valence-electron chi connectivity index (χ3n) is 7.20. The van der Waals surface area contributed by atoms with Gasteiger partial charge in [-0.3, -0.25) is 18.7 Å². The minimum atomic E-state index is -5.59. The maximum atomic E-state index is 13.0. The summed E-state index contributed by atoms with van der Waals surface area (Å²) in [6.45, 7) is -1.04. The van der Waals surface area contributed by atoms with Crippen LogP contribution in [0.5, 0.6) is 0 Å². The molecule has 3 unspecified atom stereocenters. The summed E-state index contributed by atoms with van der Waals surface area (Å²) in [5.41, 5.74) is 4.46. The molecule has 3 rings (SSSR count). The molecule has 266 valence electrons. The molecule has 2 saturated heterocycles. The van der Waals surface area contributed by atoms with E-state index in [9.17, 15) is 64.4 Å². The number of anilines is 1. The maximum Gasteiger partial charge on any atom is 0.475 e. The van der Waals surface area contributed by atoms with E-state index in [0.29, 0.717) is 6.42 Å². The number of phosphoric acid groups is 1. The Balaban J connectivity index is 1.77. The number of hydrogen-bond acceptors (Lipinski definition) is 17. The van der Waals surface area contributed by atoms with Crippen LogP contribution in [0.4, 0.5) is 5.82 Å². The molecule has 12 N–H and O–H groups in total. The summed E-state index contributed by atoms with van der Waals surface area (Å²) in [5.74, 6) is -6.99. The Morgan fingerprint density at radius 2 is 1.91 bits per heavy atom. The topological polar surface area (TPSA) is 352 Å². The number of nitrogens with zero attached hydrogens (tertiary/aromatic N) is 2. The van der Waals surface area contributed by atoms with Gasteiger partial charge in [0.1, 0.15) is 42.4 Å². The van der Waals surface area contributed by atoms with Crippen molar-refractivity contribution in [3.8, 4) is 0 Å². The van der Waals surface area contributed by atoms with Gasteiger partial charge in [0.15, 0.2) is 6.23 Å². The molecule has 2 amide bonds. The van der Waals surface area contributed by atoms with Gasteiger partial charge in [0, 0.05) is 19.0 Å². The number of carboxylic acids is 1. The Kier molecular flexibility index (Phi) is 12.9. The first-order valence-electron chi connectivity index (χ1n) is 14.1. The first kappa shape index (κ1) is 38.3. The van der Waals surface area contributed by atoms with E-state index >= 15 is 0 Å². The second kappa shape index (κ2) is 15.9. The monoisotopic (exact) mass is 699 g/mol. The van der Waals surface area contributed by atoms with Crippen molar-refractivity contribution in [2.75, 3.05) is 25.5 Å². The van der Waals surface area contributed by atoms with Gasteiger partial charge in [-0.05, 0) is 12.5 Å². The molecule has 47 heavy (non-hydrogen) atoms. The zero-order valence-corrected chi connectivity index (χ0v) is 25.7. The highest BCUT2D eigenvalue weighted by Crippen LogP contribution is 2.51. The molecule has 1 aromatic heterocycles.